The third-order valence-corrected chi connectivity index (χ3v) is 5.56. The Hall–Kier alpha value is -2.34. The minimum atomic E-state index is -0.579. The molecule has 7 heteroatoms. The molecule has 30 heavy (non-hydrogen) atoms. The summed E-state index contributed by atoms with van der Waals surface area (Å²) in [6, 6.07) is 11.4. The van der Waals surface area contributed by atoms with E-state index in [4.69, 9.17) is 32.4 Å². The first-order valence-corrected chi connectivity index (χ1v) is 10.6. The fourth-order valence-electron chi connectivity index (χ4n) is 3.80. The maximum Gasteiger partial charge on any atom is 0.290 e. The van der Waals surface area contributed by atoms with Crippen LogP contribution in [0.4, 0.5) is 0 Å². The number of nitrogens with zero attached hydrogens (tertiary/aromatic N) is 1. The molecule has 1 aliphatic rings. The van der Waals surface area contributed by atoms with E-state index in [1.54, 1.807) is 41.3 Å². The van der Waals surface area contributed by atoms with Gasteiger partial charge < -0.3 is 14.1 Å². The number of fused-ring (bicyclic) bond motifs is 2. The van der Waals surface area contributed by atoms with Crippen LogP contribution in [0.25, 0.3) is 11.0 Å². The lowest BCUT2D eigenvalue weighted by Crippen LogP contribution is -2.31. The van der Waals surface area contributed by atoms with Crippen molar-refractivity contribution in [2.24, 2.45) is 0 Å². The first-order chi connectivity index (χ1) is 14.4. The molecule has 0 fully saturated rings. The van der Waals surface area contributed by atoms with Gasteiger partial charge in [0.15, 0.2) is 5.43 Å². The first kappa shape index (κ1) is 20.9. The van der Waals surface area contributed by atoms with Crippen molar-refractivity contribution in [3.8, 4) is 0 Å². The standard InChI is InChI=1S/C23H21Cl2NO4/c1-13(2)29-10-4-9-26-20(14-5-3-6-15(24)11-14)19-21(27)17-12-16(25)7-8-18(17)30-22(19)23(26)28/h3,5-8,11-13,20H,4,9-10H2,1-2H3. The smallest absolute Gasteiger partial charge is 0.290 e. The highest BCUT2D eigenvalue weighted by molar-refractivity contribution is 6.31. The molecule has 4 rings (SSSR count). The second kappa shape index (κ2) is 8.42. The zero-order chi connectivity index (χ0) is 21.4. The fourth-order valence-corrected chi connectivity index (χ4v) is 4.17. The van der Waals surface area contributed by atoms with Gasteiger partial charge >= 0.3 is 0 Å². The van der Waals surface area contributed by atoms with Crippen LogP contribution in [0.15, 0.2) is 51.7 Å². The number of ether oxygens (including phenoxy) is 1. The van der Waals surface area contributed by atoms with E-state index >= 15 is 0 Å². The highest BCUT2D eigenvalue weighted by atomic mass is 35.5. The molecule has 1 amide bonds. The first-order valence-electron chi connectivity index (χ1n) is 9.81. The molecular weight excluding hydrogens is 425 g/mol. The molecule has 2 heterocycles. The maximum absolute atomic E-state index is 13.4. The van der Waals surface area contributed by atoms with Gasteiger partial charge in [-0.25, -0.2) is 0 Å². The van der Waals surface area contributed by atoms with Crippen molar-refractivity contribution in [3.63, 3.8) is 0 Å². The Labute approximate surface area is 184 Å². The molecule has 0 spiro atoms. The van der Waals surface area contributed by atoms with Crippen molar-refractivity contribution < 1.29 is 13.9 Å². The molecule has 5 nitrogen and oxygen atoms in total. The average Bonchev–Trinajstić information content (AvgIpc) is 2.98. The summed E-state index contributed by atoms with van der Waals surface area (Å²) in [5.74, 6) is -0.238. The van der Waals surface area contributed by atoms with Crippen LogP contribution in [-0.4, -0.2) is 30.1 Å². The molecule has 1 aromatic heterocycles. The lowest BCUT2D eigenvalue weighted by molar-refractivity contribution is 0.0593. The van der Waals surface area contributed by atoms with Gasteiger partial charge in [-0.05, 0) is 56.2 Å². The molecule has 2 aromatic carbocycles. The molecule has 0 N–H and O–H groups in total. The number of carbonyl (C=O) groups is 1. The van der Waals surface area contributed by atoms with Crippen molar-refractivity contribution >= 4 is 40.1 Å². The monoisotopic (exact) mass is 445 g/mol. The zero-order valence-electron chi connectivity index (χ0n) is 16.7. The number of halogens is 2. The second-order valence-electron chi connectivity index (χ2n) is 7.54. The third kappa shape index (κ3) is 3.85. The molecule has 0 bridgehead atoms. The molecule has 3 aromatic rings. The largest absolute Gasteiger partial charge is 0.450 e. The SMILES string of the molecule is CC(C)OCCCN1C(=O)c2oc3ccc(Cl)cc3c(=O)c2C1c1cccc(Cl)c1. The molecule has 1 aliphatic heterocycles. The van der Waals surface area contributed by atoms with E-state index in [0.717, 1.165) is 5.56 Å². The Balaban J connectivity index is 1.83. The summed E-state index contributed by atoms with van der Waals surface area (Å²) in [5, 5.41) is 1.32. The topological polar surface area (TPSA) is 59.8 Å². The molecule has 0 aliphatic carbocycles. The molecule has 0 saturated heterocycles. The van der Waals surface area contributed by atoms with E-state index < -0.39 is 6.04 Å². The Kier molecular flexibility index (Phi) is 5.87. The molecule has 1 atom stereocenters. The van der Waals surface area contributed by atoms with Gasteiger partial charge in [0.1, 0.15) is 5.58 Å². The van der Waals surface area contributed by atoms with Crippen LogP contribution in [0.2, 0.25) is 10.0 Å². The van der Waals surface area contributed by atoms with Gasteiger partial charge in [0, 0.05) is 23.2 Å². The summed E-state index contributed by atoms with van der Waals surface area (Å²) in [4.78, 5) is 28.3. The van der Waals surface area contributed by atoms with Crippen molar-refractivity contribution in [1.29, 1.82) is 0 Å². The third-order valence-electron chi connectivity index (χ3n) is 5.09. The lowest BCUT2D eigenvalue weighted by Gasteiger charge is -2.25. The van der Waals surface area contributed by atoms with Crippen LogP contribution in [0.3, 0.4) is 0 Å². The molecule has 1 unspecified atom stereocenters. The number of rotatable bonds is 6. The van der Waals surface area contributed by atoms with Crippen LogP contribution in [0.5, 0.6) is 0 Å². The van der Waals surface area contributed by atoms with Crippen molar-refractivity contribution in [2.45, 2.75) is 32.4 Å². The highest BCUT2D eigenvalue weighted by Gasteiger charge is 2.42. The van der Waals surface area contributed by atoms with Gasteiger partial charge in [0.2, 0.25) is 5.76 Å². The summed E-state index contributed by atoms with van der Waals surface area (Å²) in [5.41, 5.74) is 1.16. The summed E-state index contributed by atoms with van der Waals surface area (Å²) in [6.45, 7) is 4.86. The highest BCUT2D eigenvalue weighted by Crippen LogP contribution is 2.39. The van der Waals surface area contributed by atoms with E-state index in [9.17, 15) is 9.59 Å². The Morgan fingerprint density at radius 2 is 1.87 bits per heavy atom. The van der Waals surface area contributed by atoms with E-state index in [-0.39, 0.29) is 23.2 Å². The van der Waals surface area contributed by atoms with Crippen molar-refractivity contribution in [1.82, 2.24) is 4.90 Å². The predicted octanol–water partition coefficient (Wildman–Crippen LogP) is 5.46. The normalized spacial score (nSPS) is 16.0. The Morgan fingerprint density at radius 1 is 1.10 bits per heavy atom. The van der Waals surface area contributed by atoms with Crippen LogP contribution < -0.4 is 5.43 Å². The second-order valence-corrected chi connectivity index (χ2v) is 8.42. The Bertz CT molecular complexity index is 1170. The number of hydrogen-bond donors (Lipinski definition) is 0. The van der Waals surface area contributed by atoms with Gasteiger partial charge in [0.25, 0.3) is 5.91 Å². The average molecular weight is 446 g/mol. The van der Waals surface area contributed by atoms with Gasteiger partial charge in [-0.15, -0.1) is 0 Å². The van der Waals surface area contributed by atoms with Crippen LogP contribution in [0.1, 0.15) is 48.0 Å². The van der Waals surface area contributed by atoms with Gasteiger partial charge in [-0.3, -0.25) is 9.59 Å². The van der Waals surface area contributed by atoms with E-state index in [1.165, 1.54) is 0 Å². The number of benzene rings is 2. The van der Waals surface area contributed by atoms with Crippen LogP contribution >= 0.6 is 23.2 Å². The van der Waals surface area contributed by atoms with Gasteiger partial charge in [-0.1, -0.05) is 35.3 Å². The van der Waals surface area contributed by atoms with E-state index in [1.807, 2.05) is 19.9 Å². The van der Waals surface area contributed by atoms with Crippen molar-refractivity contribution in [2.75, 3.05) is 13.2 Å². The van der Waals surface area contributed by atoms with Gasteiger partial charge in [-0.2, -0.15) is 0 Å². The molecular formula is C23H21Cl2NO4. The number of amides is 1. The van der Waals surface area contributed by atoms with Crippen LogP contribution in [0, 0.1) is 0 Å². The summed E-state index contributed by atoms with van der Waals surface area (Å²) < 4.78 is 11.5. The molecule has 0 saturated carbocycles. The Morgan fingerprint density at radius 3 is 2.60 bits per heavy atom. The lowest BCUT2D eigenvalue weighted by atomic mass is 9.98. The number of hydrogen-bond acceptors (Lipinski definition) is 4. The quantitative estimate of drug-likeness (QED) is 0.472. The van der Waals surface area contributed by atoms with E-state index in [0.29, 0.717) is 46.2 Å². The summed E-state index contributed by atoms with van der Waals surface area (Å²) in [6.07, 6.45) is 0.743. The zero-order valence-corrected chi connectivity index (χ0v) is 18.2. The summed E-state index contributed by atoms with van der Waals surface area (Å²) >= 11 is 12.3. The summed E-state index contributed by atoms with van der Waals surface area (Å²) in [7, 11) is 0. The minimum absolute atomic E-state index is 0.0737. The van der Waals surface area contributed by atoms with Crippen molar-refractivity contribution in [3.05, 3.63) is 79.6 Å². The maximum atomic E-state index is 13.4. The van der Waals surface area contributed by atoms with Crippen LogP contribution in [-0.2, 0) is 4.74 Å². The molecule has 156 valence electrons. The fraction of sp³-hybridized carbons (Fsp3) is 0.304. The molecule has 0 radical (unpaired) electrons. The predicted molar refractivity (Wildman–Crippen MR) is 118 cm³/mol. The number of carbonyl (C=O) groups excluding carboxylic acids is 1. The minimum Gasteiger partial charge on any atom is -0.450 e. The van der Waals surface area contributed by atoms with Gasteiger partial charge in [0.05, 0.1) is 23.1 Å². The van der Waals surface area contributed by atoms with E-state index in [2.05, 4.69) is 0 Å².